The van der Waals surface area contributed by atoms with Crippen LogP contribution in [0.1, 0.15) is 0 Å². The Kier molecular flexibility index (Phi) is 4.91. The van der Waals surface area contributed by atoms with E-state index in [9.17, 15) is 35.7 Å². The molecule has 1 aliphatic carbocycles. The van der Waals surface area contributed by atoms with Gasteiger partial charge in [0, 0.05) is 5.92 Å². The molecule has 10 nitrogen and oxygen atoms in total. The predicted molar refractivity (Wildman–Crippen MR) is 69.6 cm³/mol. The number of hydrogen-bond donors (Lipinski definition) is 7. The van der Waals surface area contributed by atoms with Crippen molar-refractivity contribution < 1.29 is 50.0 Å². The minimum Gasteiger partial charge on any atom is -0.396 e. The molecule has 0 amide bonds. The molecule has 0 aromatic carbocycles. The van der Waals surface area contributed by atoms with Gasteiger partial charge in [0.05, 0.1) is 37.4 Å². The summed E-state index contributed by atoms with van der Waals surface area (Å²) < 4.78 is 15.8. The van der Waals surface area contributed by atoms with Gasteiger partial charge < -0.3 is 50.0 Å². The topological polar surface area (TPSA) is 173 Å². The largest absolute Gasteiger partial charge is 0.396 e. The van der Waals surface area contributed by atoms with Crippen LogP contribution >= 0.6 is 0 Å². The number of aliphatic hydroxyl groups excluding tert-OH is 7. The van der Waals surface area contributed by atoms with E-state index in [2.05, 4.69) is 0 Å². The van der Waals surface area contributed by atoms with Gasteiger partial charge in [0.1, 0.15) is 24.4 Å². The molecule has 23 heavy (non-hydrogen) atoms. The van der Waals surface area contributed by atoms with Gasteiger partial charge in [-0.15, -0.1) is 0 Å². The minimum atomic E-state index is -1.74. The fourth-order valence-electron chi connectivity index (χ4n) is 3.36. The Labute approximate surface area is 131 Å². The number of fused-ring (bicyclic) bond motifs is 1. The van der Waals surface area contributed by atoms with E-state index in [0.717, 1.165) is 0 Å². The molecule has 2 aliphatic heterocycles. The Balaban J connectivity index is 1.75. The molecule has 3 fully saturated rings. The summed E-state index contributed by atoms with van der Waals surface area (Å²) >= 11 is 0. The molecule has 3 rings (SSSR count). The van der Waals surface area contributed by atoms with Gasteiger partial charge in [-0.25, -0.2) is 0 Å². The van der Waals surface area contributed by atoms with E-state index in [1.165, 1.54) is 0 Å². The Hall–Kier alpha value is -0.400. The van der Waals surface area contributed by atoms with Crippen molar-refractivity contribution in [2.24, 2.45) is 11.8 Å². The van der Waals surface area contributed by atoms with Crippen LogP contribution in [0, 0.1) is 11.8 Å². The van der Waals surface area contributed by atoms with Gasteiger partial charge in [-0.05, 0) is 0 Å². The molecular formula is C13H22O10. The zero-order chi connectivity index (χ0) is 16.9. The third-order valence-electron chi connectivity index (χ3n) is 4.85. The van der Waals surface area contributed by atoms with E-state index in [-0.39, 0.29) is 6.61 Å². The molecule has 2 saturated heterocycles. The van der Waals surface area contributed by atoms with Crippen LogP contribution in [0.2, 0.25) is 0 Å². The number of ether oxygens (including phenoxy) is 3. The van der Waals surface area contributed by atoms with Crippen molar-refractivity contribution in [3.8, 4) is 0 Å². The van der Waals surface area contributed by atoms with Crippen LogP contribution in [-0.4, -0.2) is 104 Å². The fourth-order valence-corrected chi connectivity index (χ4v) is 3.36. The van der Waals surface area contributed by atoms with Gasteiger partial charge >= 0.3 is 0 Å². The first-order valence-corrected chi connectivity index (χ1v) is 7.49. The molecule has 3 aliphatic rings. The van der Waals surface area contributed by atoms with Gasteiger partial charge in [0.15, 0.2) is 12.6 Å². The highest BCUT2D eigenvalue weighted by Gasteiger charge is 2.61. The highest BCUT2D eigenvalue weighted by molar-refractivity contribution is 5.08. The quantitative estimate of drug-likeness (QED) is 0.248. The molecular weight excluding hydrogens is 316 g/mol. The van der Waals surface area contributed by atoms with Crippen LogP contribution in [0.15, 0.2) is 0 Å². The van der Waals surface area contributed by atoms with Crippen LogP contribution in [0.5, 0.6) is 0 Å². The normalized spacial score (nSPS) is 56.2. The zero-order valence-corrected chi connectivity index (χ0v) is 12.1. The zero-order valence-electron chi connectivity index (χ0n) is 12.1. The smallest absolute Gasteiger partial charge is 0.186 e. The lowest BCUT2D eigenvalue weighted by molar-refractivity contribution is -0.351. The number of aliphatic hydroxyl groups is 7. The Morgan fingerprint density at radius 2 is 1.35 bits per heavy atom. The van der Waals surface area contributed by atoms with E-state index < -0.39 is 73.8 Å². The average molecular weight is 338 g/mol. The first-order valence-electron chi connectivity index (χ1n) is 7.49. The lowest BCUT2D eigenvalue weighted by atomic mass is 9.82. The Morgan fingerprint density at radius 3 is 1.96 bits per heavy atom. The molecule has 11 atom stereocenters. The van der Waals surface area contributed by atoms with Crippen LogP contribution in [0.4, 0.5) is 0 Å². The monoisotopic (exact) mass is 338 g/mol. The summed E-state index contributed by atoms with van der Waals surface area (Å²) in [6, 6.07) is 0. The minimum absolute atomic E-state index is 0.375. The molecule has 134 valence electrons. The first-order chi connectivity index (χ1) is 10.9. The first kappa shape index (κ1) is 17.4. The molecule has 0 aromatic rings. The van der Waals surface area contributed by atoms with Crippen molar-refractivity contribution in [2.45, 2.75) is 55.3 Å². The van der Waals surface area contributed by atoms with Gasteiger partial charge in [-0.3, -0.25) is 0 Å². The summed E-state index contributed by atoms with van der Waals surface area (Å²) in [5.74, 6) is -1.71. The van der Waals surface area contributed by atoms with Crippen LogP contribution in [-0.2, 0) is 14.2 Å². The SMILES string of the molecule is OC[C@@H]1[C@H]2O[C@H]2[C@H](O)[C@H](O)[C@@H]1O[C@@H]1O[C@@H](O)[C@@H](O)[C@H](O)[C@H]1CO. The maximum atomic E-state index is 10.2. The Bertz CT molecular complexity index is 422. The lowest BCUT2D eigenvalue weighted by Crippen LogP contribution is -2.60. The van der Waals surface area contributed by atoms with E-state index in [1.54, 1.807) is 0 Å². The van der Waals surface area contributed by atoms with Crippen LogP contribution in [0.3, 0.4) is 0 Å². The van der Waals surface area contributed by atoms with Gasteiger partial charge in [0.25, 0.3) is 0 Å². The summed E-state index contributed by atoms with van der Waals surface area (Å²) in [6.07, 6.45) is -10.9. The van der Waals surface area contributed by atoms with Gasteiger partial charge in [-0.1, -0.05) is 0 Å². The second kappa shape index (κ2) is 6.48. The molecule has 0 spiro atoms. The highest BCUT2D eigenvalue weighted by Crippen LogP contribution is 2.43. The molecule has 0 bridgehead atoms. The number of epoxide rings is 1. The van der Waals surface area contributed by atoms with E-state index in [4.69, 9.17) is 14.2 Å². The van der Waals surface area contributed by atoms with Gasteiger partial charge in [0.2, 0.25) is 0 Å². The lowest BCUT2D eigenvalue weighted by Gasteiger charge is -2.43. The van der Waals surface area contributed by atoms with Crippen molar-refractivity contribution in [1.82, 2.24) is 0 Å². The van der Waals surface area contributed by atoms with Crippen molar-refractivity contribution in [3.05, 3.63) is 0 Å². The molecule has 10 heteroatoms. The summed E-state index contributed by atoms with van der Waals surface area (Å²) in [5, 5.41) is 67.9. The Morgan fingerprint density at radius 1 is 0.696 bits per heavy atom. The fraction of sp³-hybridized carbons (Fsp3) is 1.00. The summed E-state index contributed by atoms with van der Waals surface area (Å²) in [7, 11) is 0. The summed E-state index contributed by atoms with van der Waals surface area (Å²) in [6.45, 7) is -0.979. The van der Waals surface area contributed by atoms with Crippen LogP contribution in [0.25, 0.3) is 0 Å². The van der Waals surface area contributed by atoms with Crippen molar-refractivity contribution in [1.29, 1.82) is 0 Å². The predicted octanol–water partition coefficient (Wildman–Crippen LogP) is -4.51. The maximum Gasteiger partial charge on any atom is 0.186 e. The molecule has 1 saturated carbocycles. The van der Waals surface area contributed by atoms with Crippen LogP contribution < -0.4 is 0 Å². The van der Waals surface area contributed by atoms with E-state index in [1.807, 2.05) is 0 Å². The molecule has 0 unspecified atom stereocenters. The highest BCUT2D eigenvalue weighted by atomic mass is 16.7. The van der Waals surface area contributed by atoms with E-state index >= 15 is 0 Å². The standard InChI is InChI=1S/C13H22O10/c14-1-3-5(16)8(19)12(20)23-13(3)22-9-4(2-15)10-11(21-10)7(18)6(9)17/h3-20H,1-2H2/t3-,4+,5-,6+,7-,8+,9-,10-,11+,12-,13-/m1/s1. The third-order valence-corrected chi connectivity index (χ3v) is 4.85. The number of rotatable bonds is 4. The average Bonchev–Trinajstić information content (AvgIpc) is 3.31. The molecule has 2 heterocycles. The third kappa shape index (κ3) is 2.89. The summed E-state index contributed by atoms with van der Waals surface area (Å²) in [5.41, 5.74) is 0. The van der Waals surface area contributed by atoms with Crippen molar-refractivity contribution >= 4 is 0 Å². The molecule has 7 N–H and O–H groups in total. The molecule has 0 radical (unpaired) electrons. The van der Waals surface area contributed by atoms with Crippen molar-refractivity contribution in [3.63, 3.8) is 0 Å². The summed E-state index contributed by atoms with van der Waals surface area (Å²) in [4.78, 5) is 0. The maximum absolute atomic E-state index is 10.2. The van der Waals surface area contributed by atoms with Gasteiger partial charge in [-0.2, -0.15) is 0 Å². The van der Waals surface area contributed by atoms with Crippen molar-refractivity contribution in [2.75, 3.05) is 13.2 Å². The molecule has 0 aromatic heterocycles. The van der Waals surface area contributed by atoms with E-state index in [0.29, 0.717) is 0 Å². The number of hydrogen-bond acceptors (Lipinski definition) is 10. The second-order valence-electron chi connectivity index (χ2n) is 6.22. The second-order valence-corrected chi connectivity index (χ2v) is 6.22.